The molecule has 0 aliphatic heterocycles. The third-order valence-electron chi connectivity index (χ3n) is 4.78. The number of rotatable bonds is 4. The summed E-state index contributed by atoms with van der Waals surface area (Å²) in [5.41, 5.74) is 5.73. The summed E-state index contributed by atoms with van der Waals surface area (Å²) in [4.78, 5) is 13.4. The minimum atomic E-state index is -0.183. The standard InChI is InChI=1S/C24H21N3O/c1-3-17-8-7-11-19(15-17)25-24(28)22-20-14-16(2)12-13-21(20)26-27-23(22)18-9-5-4-6-10-18/h4-15H,3H2,1-2H3,(H,25,28). The molecule has 4 nitrogen and oxygen atoms in total. The highest BCUT2D eigenvalue weighted by molar-refractivity contribution is 6.16. The number of carbonyl (C=O) groups excluding carboxylic acids is 1. The summed E-state index contributed by atoms with van der Waals surface area (Å²) in [6.07, 6.45) is 0.915. The molecule has 1 heterocycles. The van der Waals surface area contributed by atoms with Crippen LogP contribution in [0.1, 0.15) is 28.4 Å². The van der Waals surface area contributed by atoms with Gasteiger partial charge in [-0.05, 0) is 43.2 Å². The van der Waals surface area contributed by atoms with E-state index in [0.29, 0.717) is 16.8 Å². The first-order valence-electron chi connectivity index (χ1n) is 9.38. The third-order valence-corrected chi connectivity index (χ3v) is 4.78. The van der Waals surface area contributed by atoms with E-state index in [1.54, 1.807) is 0 Å². The summed E-state index contributed by atoms with van der Waals surface area (Å²) in [6, 6.07) is 23.5. The summed E-state index contributed by atoms with van der Waals surface area (Å²) >= 11 is 0. The molecule has 0 atom stereocenters. The van der Waals surface area contributed by atoms with Gasteiger partial charge in [-0.25, -0.2) is 0 Å². The van der Waals surface area contributed by atoms with Crippen molar-refractivity contribution in [3.63, 3.8) is 0 Å². The van der Waals surface area contributed by atoms with Crippen LogP contribution in [0.25, 0.3) is 22.2 Å². The second kappa shape index (κ2) is 7.61. The number of fused-ring (bicyclic) bond motifs is 1. The van der Waals surface area contributed by atoms with Crippen molar-refractivity contribution in [2.45, 2.75) is 20.3 Å². The summed E-state index contributed by atoms with van der Waals surface area (Å²) in [5, 5.41) is 12.6. The quantitative estimate of drug-likeness (QED) is 0.524. The van der Waals surface area contributed by atoms with E-state index < -0.39 is 0 Å². The SMILES string of the molecule is CCc1cccc(NC(=O)c2c(-c3ccccc3)nnc3ccc(C)cc23)c1. The zero-order valence-electron chi connectivity index (χ0n) is 15.9. The zero-order chi connectivity index (χ0) is 19.5. The van der Waals surface area contributed by atoms with Crippen molar-refractivity contribution in [1.82, 2.24) is 10.2 Å². The average Bonchev–Trinajstić information content (AvgIpc) is 2.73. The molecule has 0 saturated carbocycles. The molecule has 0 fully saturated rings. The van der Waals surface area contributed by atoms with Gasteiger partial charge in [0.25, 0.3) is 5.91 Å². The van der Waals surface area contributed by atoms with E-state index in [1.165, 1.54) is 5.56 Å². The zero-order valence-corrected chi connectivity index (χ0v) is 15.9. The Bertz CT molecular complexity index is 1150. The van der Waals surface area contributed by atoms with Gasteiger partial charge in [0.05, 0.1) is 11.1 Å². The molecule has 138 valence electrons. The molecule has 1 aromatic heterocycles. The Morgan fingerprint density at radius 3 is 2.54 bits per heavy atom. The number of aromatic nitrogens is 2. The molecule has 28 heavy (non-hydrogen) atoms. The van der Waals surface area contributed by atoms with Gasteiger partial charge in [-0.1, -0.05) is 61.0 Å². The molecule has 0 saturated heterocycles. The summed E-state index contributed by atoms with van der Waals surface area (Å²) in [6.45, 7) is 4.10. The van der Waals surface area contributed by atoms with Gasteiger partial charge in [-0.2, -0.15) is 0 Å². The van der Waals surface area contributed by atoms with E-state index in [-0.39, 0.29) is 5.91 Å². The Kier molecular flexibility index (Phi) is 4.85. The molecule has 3 aromatic carbocycles. The molecule has 1 amide bonds. The van der Waals surface area contributed by atoms with Crippen LogP contribution in [-0.4, -0.2) is 16.1 Å². The molecular weight excluding hydrogens is 346 g/mol. The molecule has 0 radical (unpaired) electrons. The van der Waals surface area contributed by atoms with Gasteiger partial charge < -0.3 is 5.32 Å². The lowest BCUT2D eigenvalue weighted by Gasteiger charge is -2.13. The lowest BCUT2D eigenvalue weighted by atomic mass is 10.00. The fourth-order valence-electron chi connectivity index (χ4n) is 3.31. The number of aryl methyl sites for hydroxylation is 2. The minimum Gasteiger partial charge on any atom is -0.322 e. The number of nitrogens with zero attached hydrogens (tertiary/aromatic N) is 2. The fraction of sp³-hybridized carbons (Fsp3) is 0.125. The van der Waals surface area contributed by atoms with E-state index in [4.69, 9.17) is 0 Å². The number of benzene rings is 3. The monoisotopic (exact) mass is 367 g/mol. The molecule has 4 aromatic rings. The van der Waals surface area contributed by atoms with Gasteiger partial charge in [-0.3, -0.25) is 4.79 Å². The third kappa shape index (κ3) is 3.49. The van der Waals surface area contributed by atoms with Crippen molar-refractivity contribution < 1.29 is 4.79 Å². The smallest absolute Gasteiger partial charge is 0.258 e. The van der Waals surface area contributed by atoms with Crippen LogP contribution in [0.4, 0.5) is 5.69 Å². The molecule has 0 spiro atoms. The van der Waals surface area contributed by atoms with Crippen LogP contribution < -0.4 is 5.32 Å². The van der Waals surface area contributed by atoms with Crippen molar-refractivity contribution in [2.24, 2.45) is 0 Å². The van der Waals surface area contributed by atoms with Gasteiger partial charge >= 0.3 is 0 Å². The second-order valence-electron chi connectivity index (χ2n) is 6.82. The molecule has 0 unspecified atom stereocenters. The summed E-state index contributed by atoms with van der Waals surface area (Å²) in [5.74, 6) is -0.183. The Balaban J connectivity index is 1.87. The topological polar surface area (TPSA) is 54.9 Å². The predicted octanol–water partition coefficient (Wildman–Crippen LogP) is 5.42. The number of hydrogen-bond donors (Lipinski definition) is 1. The largest absolute Gasteiger partial charge is 0.322 e. The van der Waals surface area contributed by atoms with Crippen LogP contribution in [0.15, 0.2) is 72.8 Å². The molecule has 4 rings (SSSR count). The molecule has 0 bridgehead atoms. The first-order valence-corrected chi connectivity index (χ1v) is 9.38. The number of amides is 1. The van der Waals surface area contributed by atoms with Crippen LogP contribution >= 0.6 is 0 Å². The first kappa shape index (κ1) is 17.9. The van der Waals surface area contributed by atoms with E-state index in [9.17, 15) is 4.79 Å². The number of carbonyl (C=O) groups is 1. The van der Waals surface area contributed by atoms with E-state index in [2.05, 4.69) is 28.5 Å². The van der Waals surface area contributed by atoms with E-state index in [0.717, 1.165) is 28.6 Å². The Labute approximate surface area is 164 Å². The van der Waals surface area contributed by atoms with Crippen molar-refractivity contribution in [3.05, 3.63) is 89.5 Å². The Morgan fingerprint density at radius 1 is 0.929 bits per heavy atom. The van der Waals surface area contributed by atoms with Crippen LogP contribution in [0.5, 0.6) is 0 Å². The molecule has 0 aliphatic rings. The van der Waals surface area contributed by atoms with Gasteiger partial charge in [0.2, 0.25) is 0 Å². The highest BCUT2D eigenvalue weighted by Gasteiger charge is 2.19. The summed E-state index contributed by atoms with van der Waals surface area (Å²) in [7, 11) is 0. The first-order chi connectivity index (χ1) is 13.7. The van der Waals surface area contributed by atoms with Gasteiger partial charge in [0.15, 0.2) is 0 Å². The van der Waals surface area contributed by atoms with Crippen molar-refractivity contribution >= 4 is 22.5 Å². The van der Waals surface area contributed by atoms with Crippen molar-refractivity contribution in [3.8, 4) is 11.3 Å². The average molecular weight is 367 g/mol. The Morgan fingerprint density at radius 2 is 1.75 bits per heavy atom. The number of hydrogen-bond acceptors (Lipinski definition) is 3. The molecular formula is C24H21N3O. The van der Waals surface area contributed by atoms with Crippen LogP contribution in [-0.2, 0) is 6.42 Å². The molecule has 4 heteroatoms. The highest BCUT2D eigenvalue weighted by atomic mass is 16.1. The number of nitrogens with one attached hydrogen (secondary N) is 1. The fourth-order valence-corrected chi connectivity index (χ4v) is 3.31. The molecule has 1 N–H and O–H groups in total. The van der Waals surface area contributed by atoms with E-state index >= 15 is 0 Å². The second-order valence-corrected chi connectivity index (χ2v) is 6.82. The maximum Gasteiger partial charge on any atom is 0.258 e. The number of anilines is 1. The van der Waals surface area contributed by atoms with E-state index in [1.807, 2.05) is 73.7 Å². The van der Waals surface area contributed by atoms with Crippen molar-refractivity contribution in [2.75, 3.05) is 5.32 Å². The Hall–Kier alpha value is -3.53. The normalized spacial score (nSPS) is 10.8. The lowest BCUT2D eigenvalue weighted by molar-refractivity contribution is 0.102. The summed E-state index contributed by atoms with van der Waals surface area (Å²) < 4.78 is 0. The van der Waals surface area contributed by atoms with Crippen molar-refractivity contribution in [1.29, 1.82) is 0 Å². The lowest BCUT2D eigenvalue weighted by Crippen LogP contribution is -2.15. The maximum atomic E-state index is 13.4. The predicted molar refractivity (Wildman–Crippen MR) is 113 cm³/mol. The van der Waals surface area contributed by atoms with Gasteiger partial charge in [0.1, 0.15) is 5.69 Å². The van der Waals surface area contributed by atoms with Crippen LogP contribution in [0.2, 0.25) is 0 Å². The van der Waals surface area contributed by atoms with Gasteiger partial charge in [0, 0.05) is 16.6 Å². The maximum absolute atomic E-state index is 13.4. The molecule has 0 aliphatic carbocycles. The van der Waals surface area contributed by atoms with Crippen LogP contribution in [0.3, 0.4) is 0 Å². The van der Waals surface area contributed by atoms with Crippen LogP contribution in [0, 0.1) is 6.92 Å². The highest BCUT2D eigenvalue weighted by Crippen LogP contribution is 2.28. The minimum absolute atomic E-state index is 0.183. The van der Waals surface area contributed by atoms with Gasteiger partial charge in [-0.15, -0.1) is 10.2 Å².